The van der Waals surface area contributed by atoms with Crippen LogP contribution in [-0.2, 0) is 22.1 Å². The Morgan fingerprint density at radius 2 is 2.03 bits per heavy atom. The van der Waals surface area contributed by atoms with E-state index < -0.39 is 23.2 Å². The van der Waals surface area contributed by atoms with Crippen molar-refractivity contribution in [1.29, 1.82) is 5.26 Å². The minimum Gasteiger partial charge on any atom is -0.384 e. The maximum Gasteiger partial charge on any atom is 0.417 e. The van der Waals surface area contributed by atoms with Gasteiger partial charge in [-0.2, -0.15) is 18.4 Å². The predicted octanol–water partition coefficient (Wildman–Crippen LogP) is 4.48. The Kier molecular flexibility index (Phi) is 6.86. The molecule has 0 bridgehead atoms. The van der Waals surface area contributed by atoms with E-state index in [-0.39, 0.29) is 18.4 Å². The fourth-order valence-electron chi connectivity index (χ4n) is 3.93. The molecule has 1 fully saturated rings. The van der Waals surface area contributed by atoms with Crippen molar-refractivity contribution in [2.75, 3.05) is 37.0 Å². The van der Waals surface area contributed by atoms with Crippen LogP contribution in [0.5, 0.6) is 0 Å². The molecule has 0 spiro atoms. The quantitative estimate of drug-likeness (QED) is 0.733. The Bertz CT molecular complexity index is 985. The Labute approximate surface area is 179 Å². The number of methoxy groups -OCH3 is 1. The van der Waals surface area contributed by atoms with Gasteiger partial charge in [0.05, 0.1) is 29.7 Å². The number of hydrogen-bond acceptors (Lipinski definition) is 4. The molecule has 31 heavy (non-hydrogen) atoms. The molecular formula is C23H24F3N3O2. The van der Waals surface area contributed by atoms with Crippen molar-refractivity contribution in [2.45, 2.75) is 19.5 Å². The number of carbonyl (C=O) groups is 1. The first-order valence-electron chi connectivity index (χ1n) is 10.0. The smallest absolute Gasteiger partial charge is 0.384 e. The number of ether oxygens (including phenoxy) is 1. The number of amides is 1. The number of nitrogens with one attached hydrogen (secondary N) is 1. The molecule has 0 aromatic heterocycles. The van der Waals surface area contributed by atoms with Crippen LogP contribution in [0.1, 0.15) is 23.6 Å². The summed E-state index contributed by atoms with van der Waals surface area (Å²) in [6.07, 6.45) is -3.79. The van der Waals surface area contributed by atoms with Crippen molar-refractivity contribution in [3.63, 3.8) is 0 Å². The molecule has 8 heteroatoms. The van der Waals surface area contributed by atoms with Crippen LogP contribution in [0.3, 0.4) is 0 Å². The monoisotopic (exact) mass is 431 g/mol. The minimum atomic E-state index is -4.63. The van der Waals surface area contributed by atoms with Gasteiger partial charge in [0, 0.05) is 37.5 Å². The lowest BCUT2D eigenvalue weighted by Crippen LogP contribution is -2.31. The summed E-state index contributed by atoms with van der Waals surface area (Å²) in [6, 6.07) is 12.8. The summed E-state index contributed by atoms with van der Waals surface area (Å²) in [6.45, 7) is 2.98. The molecule has 1 N–H and O–H groups in total. The topological polar surface area (TPSA) is 65.4 Å². The maximum atomic E-state index is 13.4. The second-order valence-electron chi connectivity index (χ2n) is 7.61. The van der Waals surface area contributed by atoms with Crippen molar-refractivity contribution < 1.29 is 22.7 Å². The van der Waals surface area contributed by atoms with E-state index in [1.165, 1.54) is 19.2 Å². The molecule has 0 aliphatic carbocycles. The number of hydrogen-bond donors (Lipinski definition) is 1. The zero-order valence-corrected chi connectivity index (χ0v) is 17.4. The third-order valence-electron chi connectivity index (χ3n) is 5.56. The normalized spacial score (nSPS) is 18.6. The summed E-state index contributed by atoms with van der Waals surface area (Å²) in [7, 11) is 1.53. The average molecular weight is 431 g/mol. The number of nitriles is 1. The van der Waals surface area contributed by atoms with Crippen LogP contribution in [-0.4, -0.2) is 32.7 Å². The van der Waals surface area contributed by atoms with E-state index in [0.717, 1.165) is 18.1 Å². The van der Waals surface area contributed by atoms with Gasteiger partial charge in [-0.1, -0.05) is 19.1 Å². The summed E-state index contributed by atoms with van der Waals surface area (Å²) in [5.41, 5.74) is 0.720. The molecule has 3 rings (SSSR count). The van der Waals surface area contributed by atoms with Gasteiger partial charge in [-0.05, 0) is 42.3 Å². The van der Waals surface area contributed by atoms with Crippen LogP contribution >= 0.6 is 0 Å². The van der Waals surface area contributed by atoms with Crippen molar-refractivity contribution in [2.24, 2.45) is 11.8 Å². The Balaban J connectivity index is 1.83. The van der Waals surface area contributed by atoms with E-state index in [4.69, 9.17) is 10.00 Å². The summed E-state index contributed by atoms with van der Waals surface area (Å²) in [4.78, 5) is 14.7. The highest BCUT2D eigenvalue weighted by molar-refractivity contribution is 5.93. The molecule has 1 heterocycles. The number of halogens is 3. The third kappa shape index (κ3) is 5.17. The van der Waals surface area contributed by atoms with Gasteiger partial charge in [-0.3, -0.25) is 4.79 Å². The number of carbonyl (C=O) groups excluding carboxylic acids is 1. The number of aryl methyl sites for hydroxylation is 1. The lowest BCUT2D eigenvalue weighted by atomic mass is 9.96. The number of anilines is 2. The highest BCUT2D eigenvalue weighted by Crippen LogP contribution is 2.36. The van der Waals surface area contributed by atoms with Gasteiger partial charge in [0.2, 0.25) is 5.91 Å². The molecule has 2 unspecified atom stereocenters. The third-order valence-corrected chi connectivity index (χ3v) is 5.56. The Morgan fingerprint density at radius 1 is 1.26 bits per heavy atom. The van der Waals surface area contributed by atoms with E-state index in [9.17, 15) is 18.0 Å². The van der Waals surface area contributed by atoms with Gasteiger partial charge in [-0.25, -0.2) is 0 Å². The first kappa shape index (κ1) is 22.6. The molecule has 0 saturated carbocycles. The highest BCUT2D eigenvalue weighted by atomic mass is 19.4. The molecule has 2 aromatic rings. The average Bonchev–Trinajstić information content (AvgIpc) is 3.17. The number of rotatable bonds is 6. The Morgan fingerprint density at radius 3 is 2.68 bits per heavy atom. The minimum absolute atomic E-state index is 0.177. The van der Waals surface area contributed by atoms with Crippen LogP contribution in [0.2, 0.25) is 0 Å². The molecule has 164 valence electrons. The molecule has 1 aliphatic heterocycles. The predicted molar refractivity (Wildman–Crippen MR) is 112 cm³/mol. The van der Waals surface area contributed by atoms with Crippen LogP contribution in [0, 0.1) is 23.2 Å². The van der Waals surface area contributed by atoms with Crippen molar-refractivity contribution in [3.8, 4) is 6.07 Å². The van der Waals surface area contributed by atoms with Gasteiger partial charge in [0.25, 0.3) is 0 Å². The molecule has 2 aromatic carbocycles. The van der Waals surface area contributed by atoms with Gasteiger partial charge >= 0.3 is 6.18 Å². The van der Waals surface area contributed by atoms with Crippen molar-refractivity contribution in [3.05, 3.63) is 59.2 Å². The molecular weight excluding hydrogens is 407 g/mol. The zero-order chi connectivity index (χ0) is 22.6. The van der Waals surface area contributed by atoms with Crippen LogP contribution < -0.4 is 10.2 Å². The SMILES string of the molecule is CCc1cccc(NC(=O)C2CN(c3ccc(C#N)c(C(F)(F)F)c3)CC2COC)c1. The fraction of sp³-hybridized carbons (Fsp3) is 0.391. The van der Waals surface area contributed by atoms with E-state index in [1.54, 1.807) is 11.0 Å². The van der Waals surface area contributed by atoms with E-state index >= 15 is 0 Å². The first-order chi connectivity index (χ1) is 14.8. The largest absolute Gasteiger partial charge is 0.417 e. The molecule has 1 aliphatic rings. The van der Waals surface area contributed by atoms with Gasteiger partial charge in [0.15, 0.2) is 0 Å². The molecule has 5 nitrogen and oxygen atoms in total. The van der Waals surface area contributed by atoms with E-state index in [0.29, 0.717) is 24.5 Å². The highest BCUT2D eigenvalue weighted by Gasteiger charge is 2.39. The second-order valence-corrected chi connectivity index (χ2v) is 7.61. The lowest BCUT2D eigenvalue weighted by Gasteiger charge is -2.20. The molecule has 1 amide bonds. The van der Waals surface area contributed by atoms with Gasteiger partial charge in [-0.15, -0.1) is 0 Å². The Hall–Kier alpha value is -3.05. The van der Waals surface area contributed by atoms with Gasteiger partial charge in [0.1, 0.15) is 0 Å². The van der Waals surface area contributed by atoms with E-state index in [1.807, 2.05) is 31.2 Å². The number of benzene rings is 2. The second kappa shape index (κ2) is 9.40. The maximum absolute atomic E-state index is 13.4. The first-order valence-corrected chi connectivity index (χ1v) is 10.0. The van der Waals surface area contributed by atoms with Crippen molar-refractivity contribution >= 4 is 17.3 Å². The van der Waals surface area contributed by atoms with Crippen LogP contribution in [0.25, 0.3) is 0 Å². The molecule has 1 saturated heterocycles. The number of nitrogens with zero attached hydrogens (tertiary/aromatic N) is 2. The van der Waals surface area contributed by atoms with Crippen LogP contribution in [0.15, 0.2) is 42.5 Å². The summed E-state index contributed by atoms with van der Waals surface area (Å²) < 4.78 is 45.3. The number of alkyl halides is 3. The lowest BCUT2D eigenvalue weighted by molar-refractivity contribution is -0.137. The van der Waals surface area contributed by atoms with Gasteiger partial charge < -0.3 is 15.0 Å². The zero-order valence-electron chi connectivity index (χ0n) is 17.4. The molecule has 2 atom stereocenters. The summed E-state index contributed by atoms with van der Waals surface area (Å²) >= 11 is 0. The van der Waals surface area contributed by atoms with E-state index in [2.05, 4.69) is 5.32 Å². The standard InChI is InChI=1S/C23H24F3N3O2/c1-3-15-5-4-6-18(9-15)28-22(30)20-13-29(12-17(20)14-31-2)19-8-7-16(11-27)21(10-19)23(24,25)26/h4-10,17,20H,3,12-14H2,1-2H3,(H,28,30). The summed E-state index contributed by atoms with van der Waals surface area (Å²) in [5.74, 6) is -0.818. The van der Waals surface area contributed by atoms with Crippen molar-refractivity contribution in [1.82, 2.24) is 0 Å². The molecule has 0 radical (unpaired) electrons. The fourth-order valence-corrected chi connectivity index (χ4v) is 3.93. The van der Waals surface area contributed by atoms with Crippen LogP contribution in [0.4, 0.5) is 24.5 Å². The summed E-state index contributed by atoms with van der Waals surface area (Å²) in [5, 5.41) is 11.9.